The average molecular weight is 271 g/mol. The molecule has 1 N–H and O–H groups in total. The topological polar surface area (TPSA) is 47.0 Å². The van der Waals surface area contributed by atoms with Crippen LogP contribution in [0.3, 0.4) is 0 Å². The zero-order valence-electron chi connectivity index (χ0n) is 12.5. The summed E-state index contributed by atoms with van der Waals surface area (Å²) in [5.74, 6) is 3.05. The van der Waals surface area contributed by atoms with Crippen LogP contribution in [0.5, 0.6) is 11.6 Å². The molecule has 0 radical (unpaired) electrons. The third-order valence-corrected chi connectivity index (χ3v) is 3.09. The van der Waals surface area contributed by atoms with Crippen LogP contribution in [0.2, 0.25) is 0 Å². The van der Waals surface area contributed by atoms with E-state index in [-0.39, 0.29) is 0 Å². The molecule has 0 atom stereocenters. The van der Waals surface area contributed by atoms with Crippen LogP contribution in [0, 0.1) is 13.8 Å². The maximum atomic E-state index is 5.90. The second-order valence-electron chi connectivity index (χ2n) is 4.83. The van der Waals surface area contributed by atoms with Gasteiger partial charge < -0.3 is 10.1 Å². The Balaban J connectivity index is 2.33. The van der Waals surface area contributed by atoms with E-state index in [0.29, 0.717) is 5.88 Å². The molecule has 2 aromatic rings. The van der Waals surface area contributed by atoms with Gasteiger partial charge in [-0.15, -0.1) is 0 Å². The van der Waals surface area contributed by atoms with Crippen molar-refractivity contribution < 1.29 is 4.74 Å². The molecule has 0 bridgehead atoms. The maximum Gasteiger partial charge on any atom is 0.227 e. The fourth-order valence-corrected chi connectivity index (χ4v) is 1.94. The van der Waals surface area contributed by atoms with E-state index in [1.165, 1.54) is 5.56 Å². The van der Waals surface area contributed by atoms with Crippen LogP contribution in [0.1, 0.15) is 30.3 Å². The van der Waals surface area contributed by atoms with Gasteiger partial charge in [-0.25, -0.2) is 4.98 Å². The van der Waals surface area contributed by atoms with Crippen molar-refractivity contribution in [2.24, 2.45) is 0 Å². The van der Waals surface area contributed by atoms with Crippen molar-refractivity contribution in [3.63, 3.8) is 0 Å². The number of rotatable bonds is 5. The molecule has 0 saturated carbocycles. The molecule has 106 valence electrons. The second-order valence-corrected chi connectivity index (χ2v) is 4.83. The highest BCUT2D eigenvalue weighted by Crippen LogP contribution is 2.27. The SMILES string of the molecule is CCCc1nc(NC)c(C)c(Oc2ccc(C)cc2)n1. The highest BCUT2D eigenvalue weighted by atomic mass is 16.5. The molecule has 0 aliphatic carbocycles. The third-order valence-electron chi connectivity index (χ3n) is 3.09. The Morgan fingerprint density at radius 1 is 1.10 bits per heavy atom. The molecule has 1 aromatic heterocycles. The van der Waals surface area contributed by atoms with Crippen LogP contribution in [-0.2, 0) is 6.42 Å². The Bertz CT molecular complexity index is 579. The summed E-state index contributed by atoms with van der Waals surface area (Å²) in [6.07, 6.45) is 1.86. The Labute approximate surface area is 120 Å². The Hall–Kier alpha value is -2.10. The number of nitrogens with one attached hydrogen (secondary N) is 1. The number of aromatic nitrogens is 2. The van der Waals surface area contributed by atoms with Crippen LogP contribution in [-0.4, -0.2) is 17.0 Å². The van der Waals surface area contributed by atoms with E-state index in [0.717, 1.165) is 35.8 Å². The molecule has 0 amide bonds. The molecule has 4 heteroatoms. The van der Waals surface area contributed by atoms with Gasteiger partial charge >= 0.3 is 0 Å². The summed E-state index contributed by atoms with van der Waals surface area (Å²) < 4.78 is 5.90. The zero-order valence-corrected chi connectivity index (χ0v) is 12.5. The predicted octanol–water partition coefficient (Wildman–Crippen LogP) is 3.88. The highest BCUT2D eigenvalue weighted by Gasteiger charge is 2.11. The van der Waals surface area contributed by atoms with Crippen molar-refractivity contribution in [2.75, 3.05) is 12.4 Å². The number of benzene rings is 1. The summed E-state index contributed by atoms with van der Waals surface area (Å²) in [4.78, 5) is 9.01. The van der Waals surface area contributed by atoms with Crippen molar-refractivity contribution in [3.05, 3.63) is 41.2 Å². The molecule has 0 saturated heterocycles. The van der Waals surface area contributed by atoms with Gasteiger partial charge in [0.15, 0.2) is 0 Å². The quantitative estimate of drug-likeness (QED) is 0.896. The van der Waals surface area contributed by atoms with E-state index in [9.17, 15) is 0 Å². The number of aryl methyl sites for hydroxylation is 2. The predicted molar refractivity (Wildman–Crippen MR) is 81.6 cm³/mol. The molecule has 2 rings (SSSR count). The molecule has 0 spiro atoms. The largest absolute Gasteiger partial charge is 0.439 e. The molecule has 1 heterocycles. The number of hydrogen-bond donors (Lipinski definition) is 1. The summed E-state index contributed by atoms with van der Waals surface area (Å²) in [5.41, 5.74) is 2.13. The van der Waals surface area contributed by atoms with Crippen LogP contribution in [0.25, 0.3) is 0 Å². The number of nitrogens with zero attached hydrogens (tertiary/aromatic N) is 2. The van der Waals surface area contributed by atoms with Gasteiger partial charge in [-0.2, -0.15) is 4.98 Å². The number of hydrogen-bond acceptors (Lipinski definition) is 4. The lowest BCUT2D eigenvalue weighted by Crippen LogP contribution is -2.05. The van der Waals surface area contributed by atoms with E-state index in [2.05, 4.69) is 29.1 Å². The number of anilines is 1. The molecule has 0 unspecified atom stereocenters. The minimum atomic E-state index is 0.622. The van der Waals surface area contributed by atoms with Crippen molar-refractivity contribution >= 4 is 5.82 Å². The van der Waals surface area contributed by atoms with Gasteiger partial charge in [0.1, 0.15) is 17.4 Å². The molecule has 1 aromatic carbocycles. The molecular formula is C16H21N3O. The standard InChI is InChI=1S/C16H21N3O/c1-5-6-14-18-15(17-4)12(3)16(19-14)20-13-9-7-11(2)8-10-13/h7-10H,5-6H2,1-4H3,(H,17,18,19). The van der Waals surface area contributed by atoms with Gasteiger partial charge in [0.05, 0.1) is 5.56 Å². The highest BCUT2D eigenvalue weighted by molar-refractivity contribution is 5.49. The monoisotopic (exact) mass is 271 g/mol. The van der Waals surface area contributed by atoms with Gasteiger partial charge in [-0.05, 0) is 32.4 Å². The van der Waals surface area contributed by atoms with Gasteiger partial charge in [0, 0.05) is 13.5 Å². The Kier molecular flexibility index (Phi) is 4.56. The van der Waals surface area contributed by atoms with Crippen molar-refractivity contribution in [2.45, 2.75) is 33.6 Å². The molecule has 0 fully saturated rings. The first-order valence-electron chi connectivity index (χ1n) is 6.93. The van der Waals surface area contributed by atoms with Crippen LogP contribution in [0.4, 0.5) is 5.82 Å². The first-order valence-corrected chi connectivity index (χ1v) is 6.93. The fourth-order valence-electron chi connectivity index (χ4n) is 1.94. The first kappa shape index (κ1) is 14.3. The molecule has 4 nitrogen and oxygen atoms in total. The zero-order chi connectivity index (χ0) is 14.5. The van der Waals surface area contributed by atoms with E-state index < -0.39 is 0 Å². The van der Waals surface area contributed by atoms with Gasteiger partial charge in [0.25, 0.3) is 0 Å². The van der Waals surface area contributed by atoms with Crippen molar-refractivity contribution in [3.8, 4) is 11.6 Å². The summed E-state index contributed by atoms with van der Waals surface area (Å²) in [6.45, 7) is 6.13. The summed E-state index contributed by atoms with van der Waals surface area (Å²) in [7, 11) is 1.86. The first-order chi connectivity index (χ1) is 9.63. The molecule has 0 aliphatic heterocycles. The smallest absolute Gasteiger partial charge is 0.227 e. The normalized spacial score (nSPS) is 10.4. The average Bonchev–Trinajstić information content (AvgIpc) is 2.45. The van der Waals surface area contributed by atoms with E-state index >= 15 is 0 Å². The summed E-state index contributed by atoms with van der Waals surface area (Å²) >= 11 is 0. The Morgan fingerprint density at radius 3 is 2.40 bits per heavy atom. The van der Waals surface area contributed by atoms with E-state index in [4.69, 9.17) is 4.74 Å². The minimum absolute atomic E-state index is 0.622. The van der Waals surface area contributed by atoms with Crippen molar-refractivity contribution in [1.82, 2.24) is 9.97 Å². The van der Waals surface area contributed by atoms with Crippen LogP contribution < -0.4 is 10.1 Å². The van der Waals surface area contributed by atoms with Crippen LogP contribution >= 0.6 is 0 Å². The molecule has 0 aliphatic rings. The lowest BCUT2D eigenvalue weighted by Gasteiger charge is -2.12. The Morgan fingerprint density at radius 2 is 1.80 bits per heavy atom. The van der Waals surface area contributed by atoms with Crippen molar-refractivity contribution in [1.29, 1.82) is 0 Å². The van der Waals surface area contributed by atoms with Gasteiger partial charge in [0.2, 0.25) is 5.88 Å². The van der Waals surface area contributed by atoms with Crippen LogP contribution in [0.15, 0.2) is 24.3 Å². The summed E-state index contributed by atoms with van der Waals surface area (Å²) in [5, 5.41) is 3.10. The van der Waals surface area contributed by atoms with E-state index in [1.807, 2.05) is 38.2 Å². The van der Waals surface area contributed by atoms with Gasteiger partial charge in [-0.3, -0.25) is 0 Å². The second kappa shape index (κ2) is 6.37. The minimum Gasteiger partial charge on any atom is -0.439 e. The maximum absolute atomic E-state index is 5.90. The molecular weight excluding hydrogens is 250 g/mol. The molecule has 20 heavy (non-hydrogen) atoms. The van der Waals surface area contributed by atoms with Gasteiger partial charge in [-0.1, -0.05) is 24.6 Å². The third kappa shape index (κ3) is 3.26. The fraction of sp³-hybridized carbons (Fsp3) is 0.375. The lowest BCUT2D eigenvalue weighted by molar-refractivity contribution is 0.454. The number of ether oxygens (including phenoxy) is 1. The summed E-state index contributed by atoms with van der Waals surface area (Å²) in [6, 6.07) is 7.96. The lowest BCUT2D eigenvalue weighted by atomic mass is 10.2. The van der Waals surface area contributed by atoms with E-state index in [1.54, 1.807) is 0 Å².